The lowest BCUT2D eigenvalue weighted by molar-refractivity contribution is 0.0699. The fourth-order valence-electron chi connectivity index (χ4n) is 4.42. The minimum absolute atomic E-state index is 0.366. The molecule has 1 saturated heterocycles. The first-order chi connectivity index (χ1) is 14.6. The van der Waals surface area contributed by atoms with Crippen LogP contribution >= 0.6 is 11.6 Å². The Bertz CT molecular complexity index is 847. The number of pyridine rings is 1. The number of rotatable bonds is 6. The standard InChI is InChI=1S/C23H32ClN5O/c1-15-23(28-12-17-6-8-30-9-7-17)29-22(14-26-15)20-11-19(27-13-21(20)24)10-16-2-4-18(25)5-3-16/h11,13-14,16-18H,2-10,12,25H2,1H3,(H,28,29). The molecule has 1 aliphatic heterocycles. The van der Waals surface area contributed by atoms with Gasteiger partial charge in [-0.25, -0.2) is 4.98 Å². The number of halogens is 1. The highest BCUT2D eigenvalue weighted by molar-refractivity contribution is 6.33. The van der Waals surface area contributed by atoms with Crippen molar-refractivity contribution in [1.29, 1.82) is 0 Å². The van der Waals surface area contributed by atoms with Gasteiger partial charge in [-0.15, -0.1) is 0 Å². The summed E-state index contributed by atoms with van der Waals surface area (Å²) in [5.74, 6) is 2.09. The number of nitrogens with zero attached hydrogens (tertiary/aromatic N) is 3. The second-order valence-electron chi connectivity index (χ2n) is 8.77. The van der Waals surface area contributed by atoms with Crippen molar-refractivity contribution in [2.24, 2.45) is 17.6 Å². The third kappa shape index (κ3) is 5.48. The van der Waals surface area contributed by atoms with E-state index in [1.54, 1.807) is 12.4 Å². The van der Waals surface area contributed by atoms with Crippen molar-refractivity contribution < 1.29 is 4.74 Å². The van der Waals surface area contributed by atoms with E-state index in [1.807, 2.05) is 6.92 Å². The number of hydrogen-bond acceptors (Lipinski definition) is 6. The van der Waals surface area contributed by atoms with Crippen LogP contribution in [0.1, 0.15) is 49.9 Å². The summed E-state index contributed by atoms with van der Waals surface area (Å²) in [6, 6.07) is 2.45. The Hall–Kier alpha value is -1.76. The smallest absolute Gasteiger partial charge is 0.148 e. The van der Waals surface area contributed by atoms with Gasteiger partial charge in [0.15, 0.2) is 0 Å². The zero-order valence-electron chi connectivity index (χ0n) is 17.7. The molecule has 0 spiro atoms. The maximum absolute atomic E-state index is 6.50. The first-order valence-corrected chi connectivity index (χ1v) is 11.5. The lowest BCUT2D eigenvalue weighted by atomic mass is 9.83. The van der Waals surface area contributed by atoms with Gasteiger partial charge in [-0.05, 0) is 69.8 Å². The molecule has 2 aromatic heterocycles. The molecule has 3 heterocycles. The Labute approximate surface area is 184 Å². The van der Waals surface area contributed by atoms with Gasteiger partial charge in [0.05, 0.1) is 22.6 Å². The van der Waals surface area contributed by atoms with E-state index in [0.29, 0.717) is 22.9 Å². The molecule has 0 atom stereocenters. The van der Waals surface area contributed by atoms with Crippen LogP contribution in [-0.4, -0.2) is 40.8 Å². The molecule has 6 nitrogen and oxygen atoms in total. The minimum atomic E-state index is 0.366. The topological polar surface area (TPSA) is 86.0 Å². The quantitative estimate of drug-likeness (QED) is 0.707. The second-order valence-corrected chi connectivity index (χ2v) is 9.17. The molecule has 0 bridgehead atoms. The third-order valence-electron chi connectivity index (χ3n) is 6.43. The van der Waals surface area contributed by atoms with Gasteiger partial charge in [0.25, 0.3) is 0 Å². The molecule has 162 valence electrons. The van der Waals surface area contributed by atoms with Crippen molar-refractivity contribution in [3.8, 4) is 11.3 Å². The molecular formula is C23H32ClN5O. The van der Waals surface area contributed by atoms with Crippen molar-refractivity contribution in [3.05, 3.63) is 34.9 Å². The number of anilines is 1. The van der Waals surface area contributed by atoms with Gasteiger partial charge in [0.2, 0.25) is 0 Å². The lowest BCUT2D eigenvalue weighted by Gasteiger charge is -2.25. The average Bonchev–Trinajstić information content (AvgIpc) is 2.77. The summed E-state index contributed by atoms with van der Waals surface area (Å²) >= 11 is 6.50. The number of aromatic nitrogens is 3. The molecule has 2 aliphatic rings. The Morgan fingerprint density at radius 3 is 2.60 bits per heavy atom. The Morgan fingerprint density at radius 1 is 1.07 bits per heavy atom. The molecular weight excluding hydrogens is 398 g/mol. The molecule has 0 amide bonds. The number of aryl methyl sites for hydroxylation is 1. The molecule has 0 radical (unpaired) electrons. The maximum Gasteiger partial charge on any atom is 0.148 e. The van der Waals surface area contributed by atoms with Crippen molar-refractivity contribution in [3.63, 3.8) is 0 Å². The summed E-state index contributed by atoms with van der Waals surface area (Å²) in [6.07, 6.45) is 11.3. The van der Waals surface area contributed by atoms with E-state index in [4.69, 9.17) is 27.1 Å². The van der Waals surface area contributed by atoms with Gasteiger partial charge in [0, 0.05) is 43.3 Å². The Morgan fingerprint density at radius 2 is 1.83 bits per heavy atom. The van der Waals surface area contributed by atoms with E-state index >= 15 is 0 Å². The fourth-order valence-corrected chi connectivity index (χ4v) is 4.62. The third-order valence-corrected chi connectivity index (χ3v) is 6.73. The van der Waals surface area contributed by atoms with E-state index in [-0.39, 0.29) is 0 Å². The van der Waals surface area contributed by atoms with Crippen LogP contribution in [0.15, 0.2) is 18.5 Å². The normalized spacial score (nSPS) is 22.8. The first-order valence-electron chi connectivity index (χ1n) is 11.1. The molecule has 2 aromatic rings. The molecule has 1 saturated carbocycles. The summed E-state index contributed by atoms with van der Waals surface area (Å²) in [5, 5.41) is 4.11. The molecule has 30 heavy (non-hydrogen) atoms. The number of nitrogens with two attached hydrogens (primary N) is 1. The molecule has 4 rings (SSSR count). The lowest BCUT2D eigenvalue weighted by Crippen LogP contribution is -2.27. The zero-order valence-corrected chi connectivity index (χ0v) is 18.5. The van der Waals surface area contributed by atoms with Crippen LogP contribution in [0.3, 0.4) is 0 Å². The van der Waals surface area contributed by atoms with E-state index in [0.717, 1.165) is 80.3 Å². The zero-order chi connectivity index (χ0) is 20.9. The highest BCUT2D eigenvalue weighted by Gasteiger charge is 2.20. The van der Waals surface area contributed by atoms with Gasteiger partial charge < -0.3 is 15.8 Å². The molecule has 2 fully saturated rings. The molecule has 0 aromatic carbocycles. The van der Waals surface area contributed by atoms with Crippen LogP contribution in [0.4, 0.5) is 5.82 Å². The SMILES string of the molecule is Cc1ncc(-c2cc(CC3CCC(N)CC3)ncc2Cl)nc1NCC1CCOCC1. The number of nitrogens with one attached hydrogen (secondary N) is 1. The van der Waals surface area contributed by atoms with Crippen LogP contribution in [-0.2, 0) is 11.2 Å². The van der Waals surface area contributed by atoms with Gasteiger partial charge >= 0.3 is 0 Å². The summed E-state index contributed by atoms with van der Waals surface area (Å²) in [7, 11) is 0. The van der Waals surface area contributed by atoms with E-state index in [1.165, 1.54) is 12.8 Å². The highest BCUT2D eigenvalue weighted by Crippen LogP contribution is 2.31. The summed E-state index contributed by atoms with van der Waals surface area (Å²) < 4.78 is 5.45. The summed E-state index contributed by atoms with van der Waals surface area (Å²) in [5.41, 5.74) is 9.70. The van der Waals surface area contributed by atoms with Gasteiger partial charge in [-0.1, -0.05) is 11.6 Å². The average molecular weight is 430 g/mol. The predicted molar refractivity (Wildman–Crippen MR) is 121 cm³/mol. The summed E-state index contributed by atoms with van der Waals surface area (Å²) in [6.45, 7) is 4.57. The van der Waals surface area contributed by atoms with Crippen LogP contribution in [0, 0.1) is 18.8 Å². The monoisotopic (exact) mass is 429 g/mol. The van der Waals surface area contributed by atoms with E-state index in [9.17, 15) is 0 Å². The van der Waals surface area contributed by atoms with Gasteiger partial charge in [-0.3, -0.25) is 9.97 Å². The second kappa shape index (κ2) is 10.0. The molecule has 7 heteroatoms. The molecule has 3 N–H and O–H groups in total. The Kier molecular flexibility index (Phi) is 7.18. The first kappa shape index (κ1) is 21.5. The number of hydrogen-bond donors (Lipinski definition) is 2. The molecule has 1 aliphatic carbocycles. The van der Waals surface area contributed by atoms with Crippen LogP contribution in [0.2, 0.25) is 5.02 Å². The summed E-state index contributed by atoms with van der Waals surface area (Å²) in [4.78, 5) is 14.0. The number of ether oxygens (including phenoxy) is 1. The van der Waals surface area contributed by atoms with Crippen molar-refractivity contribution in [2.45, 2.75) is 57.9 Å². The maximum atomic E-state index is 6.50. The van der Waals surface area contributed by atoms with Crippen molar-refractivity contribution in [2.75, 3.05) is 25.1 Å². The fraction of sp³-hybridized carbons (Fsp3) is 0.609. The predicted octanol–water partition coefficient (Wildman–Crippen LogP) is 4.40. The van der Waals surface area contributed by atoms with Crippen molar-refractivity contribution in [1.82, 2.24) is 15.0 Å². The van der Waals surface area contributed by atoms with Crippen molar-refractivity contribution >= 4 is 17.4 Å². The highest BCUT2D eigenvalue weighted by atomic mass is 35.5. The minimum Gasteiger partial charge on any atom is -0.381 e. The Balaban J connectivity index is 1.48. The van der Waals surface area contributed by atoms with Gasteiger partial charge in [-0.2, -0.15) is 0 Å². The van der Waals surface area contributed by atoms with E-state index < -0.39 is 0 Å². The molecule has 0 unspecified atom stereocenters. The van der Waals surface area contributed by atoms with E-state index in [2.05, 4.69) is 21.4 Å². The van der Waals surface area contributed by atoms with Crippen LogP contribution < -0.4 is 11.1 Å². The van der Waals surface area contributed by atoms with Crippen LogP contribution in [0.5, 0.6) is 0 Å². The largest absolute Gasteiger partial charge is 0.381 e. The van der Waals surface area contributed by atoms with Gasteiger partial charge in [0.1, 0.15) is 5.82 Å². The van der Waals surface area contributed by atoms with Crippen LogP contribution in [0.25, 0.3) is 11.3 Å².